The predicted octanol–water partition coefficient (Wildman–Crippen LogP) is 2.31. The van der Waals surface area contributed by atoms with Crippen LogP contribution in [0.5, 0.6) is 0 Å². The van der Waals surface area contributed by atoms with Gasteiger partial charge in [-0.25, -0.2) is 9.38 Å². The molecule has 0 saturated heterocycles. The summed E-state index contributed by atoms with van der Waals surface area (Å²) in [4.78, 5) is 4.40. The number of aromatic nitrogens is 3. The highest BCUT2D eigenvalue weighted by Gasteiger charge is 2.05. The van der Waals surface area contributed by atoms with Crippen molar-refractivity contribution in [1.82, 2.24) is 25.4 Å². The van der Waals surface area contributed by atoms with E-state index in [1.165, 1.54) is 6.07 Å². The van der Waals surface area contributed by atoms with E-state index < -0.39 is 0 Å². The Morgan fingerprint density at radius 2 is 2.04 bits per heavy atom. The van der Waals surface area contributed by atoms with E-state index in [0.717, 1.165) is 18.9 Å². The zero-order valence-electron chi connectivity index (χ0n) is 13.3. The van der Waals surface area contributed by atoms with Gasteiger partial charge in [-0.15, -0.1) is 34.2 Å². The number of hydrogen-bond acceptors (Lipinski definition) is 3. The van der Waals surface area contributed by atoms with E-state index in [-0.39, 0.29) is 36.3 Å². The summed E-state index contributed by atoms with van der Waals surface area (Å²) in [5, 5.41) is 14.3. The Hall–Kier alpha value is -1.71. The van der Waals surface area contributed by atoms with Gasteiger partial charge in [0, 0.05) is 18.7 Å². The summed E-state index contributed by atoms with van der Waals surface area (Å²) in [5.74, 6) is 1.21. The Bertz CT molecular complexity index is 628. The lowest BCUT2D eigenvalue weighted by atomic mass is 10.2. The maximum Gasteiger partial charge on any atom is 0.191 e. The molecule has 0 unspecified atom stereocenters. The second-order valence-corrected chi connectivity index (χ2v) is 4.67. The monoisotopic (exact) mass is 432 g/mol. The van der Waals surface area contributed by atoms with Crippen molar-refractivity contribution < 1.29 is 4.39 Å². The summed E-state index contributed by atoms with van der Waals surface area (Å²) in [6.45, 7) is 6.34. The molecule has 0 radical (unpaired) electrons. The van der Waals surface area contributed by atoms with Crippen LogP contribution >= 0.6 is 24.0 Å². The van der Waals surface area contributed by atoms with Crippen molar-refractivity contribution in [3.8, 4) is 0 Å². The molecule has 2 N–H and O–H groups in total. The van der Waals surface area contributed by atoms with Gasteiger partial charge < -0.3 is 15.2 Å². The van der Waals surface area contributed by atoms with Crippen LogP contribution in [0.15, 0.2) is 35.6 Å². The largest absolute Gasteiger partial charge is 0.357 e. The zero-order chi connectivity index (χ0) is 15.8. The number of nitrogens with zero attached hydrogens (tertiary/aromatic N) is 4. The first-order chi connectivity index (χ1) is 10.7. The molecule has 0 amide bonds. The molecule has 23 heavy (non-hydrogen) atoms. The number of halogens is 2. The lowest BCUT2D eigenvalue weighted by Crippen LogP contribution is -2.37. The first-order valence-corrected chi connectivity index (χ1v) is 7.36. The molecule has 0 aliphatic carbocycles. The van der Waals surface area contributed by atoms with Gasteiger partial charge in [0.15, 0.2) is 11.8 Å². The fourth-order valence-corrected chi connectivity index (χ4v) is 1.98. The molecule has 8 heteroatoms. The number of rotatable bonds is 6. The molecule has 2 aromatic rings. The predicted molar refractivity (Wildman–Crippen MR) is 99.2 cm³/mol. The molecule has 1 aromatic carbocycles. The normalized spacial score (nSPS) is 11.0. The van der Waals surface area contributed by atoms with Crippen molar-refractivity contribution in [3.63, 3.8) is 0 Å². The van der Waals surface area contributed by atoms with Gasteiger partial charge in [-0.05, 0) is 19.9 Å². The Balaban J connectivity index is 0.00000264. The van der Waals surface area contributed by atoms with Crippen molar-refractivity contribution in [2.24, 2.45) is 4.99 Å². The number of nitrogens with one attached hydrogen (secondary N) is 2. The summed E-state index contributed by atoms with van der Waals surface area (Å²) < 4.78 is 15.6. The Kier molecular flexibility index (Phi) is 8.52. The maximum atomic E-state index is 13.6. The minimum atomic E-state index is -0.243. The molecule has 0 bridgehead atoms. The van der Waals surface area contributed by atoms with E-state index in [1.54, 1.807) is 24.5 Å². The average Bonchev–Trinajstić information content (AvgIpc) is 2.99. The standard InChI is InChI=1S/C15H21FN6.HI/c1-3-17-15(18-9-12-7-5-6-8-13(12)16)19-10-14-21-20-11-22(14)4-2;/h5-8,11H,3-4,9-10H2,1-2H3,(H2,17,18,19);1H. The fraction of sp³-hybridized carbons (Fsp3) is 0.400. The Morgan fingerprint density at radius 3 is 2.74 bits per heavy atom. The zero-order valence-corrected chi connectivity index (χ0v) is 15.6. The van der Waals surface area contributed by atoms with Crippen molar-refractivity contribution in [2.75, 3.05) is 6.54 Å². The third kappa shape index (κ3) is 5.77. The summed E-state index contributed by atoms with van der Waals surface area (Å²) in [6, 6.07) is 6.65. The average molecular weight is 432 g/mol. The van der Waals surface area contributed by atoms with Gasteiger partial charge >= 0.3 is 0 Å². The molecule has 0 aliphatic heterocycles. The van der Waals surface area contributed by atoms with Crippen molar-refractivity contribution in [3.05, 3.63) is 47.8 Å². The summed E-state index contributed by atoms with van der Waals surface area (Å²) >= 11 is 0. The molecule has 1 aromatic heterocycles. The smallest absolute Gasteiger partial charge is 0.191 e. The van der Waals surface area contributed by atoms with Crippen molar-refractivity contribution in [1.29, 1.82) is 0 Å². The summed E-state index contributed by atoms with van der Waals surface area (Å²) in [5.41, 5.74) is 0.566. The van der Waals surface area contributed by atoms with Gasteiger partial charge in [-0.1, -0.05) is 18.2 Å². The Morgan fingerprint density at radius 1 is 1.26 bits per heavy atom. The molecule has 0 aliphatic rings. The van der Waals surface area contributed by atoms with Crippen LogP contribution in [0.4, 0.5) is 4.39 Å². The van der Waals surface area contributed by atoms with Gasteiger partial charge in [-0.2, -0.15) is 0 Å². The van der Waals surface area contributed by atoms with Crippen LogP contribution in [0.25, 0.3) is 0 Å². The van der Waals surface area contributed by atoms with E-state index in [2.05, 4.69) is 25.8 Å². The topological polar surface area (TPSA) is 67.1 Å². The van der Waals surface area contributed by atoms with Crippen LogP contribution in [0.1, 0.15) is 25.2 Å². The summed E-state index contributed by atoms with van der Waals surface area (Å²) in [6.07, 6.45) is 1.69. The minimum absolute atomic E-state index is 0. The number of hydrogen-bond donors (Lipinski definition) is 2. The van der Waals surface area contributed by atoms with Gasteiger partial charge in [0.1, 0.15) is 12.1 Å². The van der Waals surface area contributed by atoms with E-state index in [1.807, 2.05) is 18.4 Å². The molecule has 1 heterocycles. The lowest BCUT2D eigenvalue weighted by molar-refractivity contribution is 0.610. The molecule has 2 rings (SSSR count). The Labute approximate surface area is 152 Å². The molecule has 0 atom stereocenters. The lowest BCUT2D eigenvalue weighted by Gasteiger charge is -2.11. The molecule has 0 saturated carbocycles. The number of guanidine groups is 1. The highest BCUT2D eigenvalue weighted by atomic mass is 127. The first kappa shape index (κ1) is 19.3. The van der Waals surface area contributed by atoms with Crippen LogP contribution in [0.3, 0.4) is 0 Å². The SMILES string of the molecule is CCNC(=NCc1ccccc1F)NCc1nncn1CC.I. The third-order valence-corrected chi connectivity index (χ3v) is 3.16. The molecule has 126 valence electrons. The van der Waals surface area contributed by atoms with Crippen LogP contribution in [-0.2, 0) is 19.6 Å². The van der Waals surface area contributed by atoms with Gasteiger partial charge in [0.05, 0.1) is 13.1 Å². The van der Waals surface area contributed by atoms with Gasteiger partial charge in [0.2, 0.25) is 0 Å². The van der Waals surface area contributed by atoms with Crippen LogP contribution in [0.2, 0.25) is 0 Å². The molecule has 6 nitrogen and oxygen atoms in total. The van der Waals surface area contributed by atoms with Crippen molar-refractivity contribution in [2.45, 2.75) is 33.5 Å². The van der Waals surface area contributed by atoms with Gasteiger partial charge in [0.25, 0.3) is 0 Å². The molecule has 0 fully saturated rings. The van der Waals surface area contributed by atoms with E-state index >= 15 is 0 Å². The summed E-state index contributed by atoms with van der Waals surface area (Å²) in [7, 11) is 0. The highest BCUT2D eigenvalue weighted by molar-refractivity contribution is 14.0. The van der Waals surface area contributed by atoms with Crippen LogP contribution in [-0.4, -0.2) is 27.3 Å². The van der Waals surface area contributed by atoms with E-state index in [9.17, 15) is 4.39 Å². The van der Waals surface area contributed by atoms with Crippen LogP contribution in [0, 0.1) is 5.82 Å². The third-order valence-electron chi connectivity index (χ3n) is 3.16. The number of aliphatic imine (C=N–C) groups is 1. The van der Waals surface area contributed by atoms with Gasteiger partial charge in [-0.3, -0.25) is 0 Å². The highest BCUT2D eigenvalue weighted by Crippen LogP contribution is 2.07. The molecular weight excluding hydrogens is 410 g/mol. The second-order valence-electron chi connectivity index (χ2n) is 4.67. The number of aryl methyl sites for hydroxylation is 1. The minimum Gasteiger partial charge on any atom is -0.357 e. The van der Waals surface area contributed by atoms with E-state index in [0.29, 0.717) is 18.1 Å². The quantitative estimate of drug-likeness (QED) is 0.418. The van der Waals surface area contributed by atoms with Crippen LogP contribution < -0.4 is 10.6 Å². The number of benzene rings is 1. The van der Waals surface area contributed by atoms with E-state index in [4.69, 9.17) is 0 Å². The molecule has 0 spiro atoms. The maximum absolute atomic E-state index is 13.6. The first-order valence-electron chi connectivity index (χ1n) is 7.36. The van der Waals surface area contributed by atoms with Crippen molar-refractivity contribution >= 4 is 29.9 Å². The molecular formula is C15H22FIN6. The fourth-order valence-electron chi connectivity index (χ4n) is 1.98. The second kappa shape index (κ2) is 10.1.